The highest BCUT2D eigenvalue weighted by Crippen LogP contribution is 2.19. The van der Waals surface area contributed by atoms with Crippen LogP contribution in [-0.2, 0) is 7.05 Å². The molecular formula is C10H19N2O+. The van der Waals surface area contributed by atoms with Crippen LogP contribution in [0.1, 0.15) is 26.3 Å². The first kappa shape index (κ1) is 10.3. The largest absolute Gasteiger partial charge is 0.392 e. The summed E-state index contributed by atoms with van der Waals surface area (Å²) < 4.78 is 4.07. The Morgan fingerprint density at radius 1 is 1.54 bits per heavy atom. The van der Waals surface area contributed by atoms with E-state index in [0.717, 1.165) is 6.42 Å². The number of hydrogen-bond donors (Lipinski definition) is 1. The molecule has 0 fully saturated rings. The Labute approximate surface area is 79.6 Å². The molecule has 0 aromatic carbocycles. The second-order valence-electron chi connectivity index (χ2n) is 3.66. The van der Waals surface area contributed by atoms with Crippen LogP contribution >= 0.6 is 0 Å². The summed E-state index contributed by atoms with van der Waals surface area (Å²) >= 11 is 0. The smallest absolute Gasteiger partial charge is 0.243 e. The van der Waals surface area contributed by atoms with E-state index in [-0.39, 0.29) is 12.6 Å². The summed E-state index contributed by atoms with van der Waals surface area (Å²) in [5, 5.41) is 9.26. The molecule has 0 radical (unpaired) electrons. The number of nitrogens with zero attached hydrogens (tertiary/aromatic N) is 2. The minimum Gasteiger partial charge on any atom is -0.392 e. The number of aliphatic hydroxyl groups is 1. The highest BCUT2D eigenvalue weighted by molar-refractivity contribution is 4.77. The average Bonchev–Trinajstić information content (AvgIpc) is 2.53. The maximum Gasteiger partial charge on any atom is 0.243 e. The van der Waals surface area contributed by atoms with E-state index < -0.39 is 0 Å². The van der Waals surface area contributed by atoms with Crippen molar-refractivity contribution in [2.45, 2.75) is 26.3 Å². The van der Waals surface area contributed by atoms with Gasteiger partial charge in [0.25, 0.3) is 0 Å². The van der Waals surface area contributed by atoms with Crippen molar-refractivity contribution in [3.8, 4) is 0 Å². The maximum absolute atomic E-state index is 9.26. The lowest BCUT2D eigenvalue weighted by Gasteiger charge is -2.16. The first-order valence-electron chi connectivity index (χ1n) is 4.82. The summed E-state index contributed by atoms with van der Waals surface area (Å²) in [4.78, 5) is 0. The van der Waals surface area contributed by atoms with Gasteiger partial charge in [0.05, 0.1) is 13.7 Å². The molecule has 1 rings (SSSR count). The first-order valence-corrected chi connectivity index (χ1v) is 4.82. The predicted molar refractivity (Wildman–Crippen MR) is 51.2 cm³/mol. The second kappa shape index (κ2) is 4.42. The van der Waals surface area contributed by atoms with Gasteiger partial charge < -0.3 is 5.11 Å². The molecule has 1 aromatic heterocycles. The summed E-state index contributed by atoms with van der Waals surface area (Å²) in [6, 6.07) is 0.214. The van der Waals surface area contributed by atoms with Crippen LogP contribution < -0.4 is 4.57 Å². The van der Waals surface area contributed by atoms with Crippen molar-refractivity contribution in [2.24, 2.45) is 13.0 Å². The minimum atomic E-state index is 0.212. The molecule has 0 amide bonds. The lowest BCUT2D eigenvalue weighted by Crippen LogP contribution is -2.26. The van der Waals surface area contributed by atoms with Crippen LogP contribution in [0.2, 0.25) is 0 Å². The van der Waals surface area contributed by atoms with Crippen molar-refractivity contribution in [1.82, 2.24) is 4.57 Å². The van der Waals surface area contributed by atoms with Gasteiger partial charge in [-0.25, -0.2) is 9.13 Å². The fourth-order valence-electron chi connectivity index (χ4n) is 1.51. The third-order valence-corrected chi connectivity index (χ3v) is 2.66. The lowest BCUT2D eigenvalue weighted by molar-refractivity contribution is -0.671. The van der Waals surface area contributed by atoms with Crippen LogP contribution in [0.4, 0.5) is 0 Å². The summed E-state index contributed by atoms with van der Waals surface area (Å²) in [6.45, 7) is 4.53. The molecule has 3 heteroatoms. The molecule has 1 aromatic rings. The van der Waals surface area contributed by atoms with Crippen LogP contribution in [0.5, 0.6) is 0 Å². The Bertz CT molecular complexity index is 257. The Hall–Kier alpha value is -0.830. The highest BCUT2D eigenvalue weighted by atomic mass is 16.3. The molecule has 0 saturated carbocycles. The second-order valence-corrected chi connectivity index (χ2v) is 3.66. The predicted octanol–water partition coefficient (Wildman–Crippen LogP) is 0.892. The van der Waals surface area contributed by atoms with E-state index in [1.807, 2.05) is 30.3 Å². The Morgan fingerprint density at radius 3 is 2.62 bits per heavy atom. The third kappa shape index (κ3) is 2.31. The van der Waals surface area contributed by atoms with Crippen LogP contribution in [0, 0.1) is 5.92 Å². The molecule has 0 spiro atoms. The molecule has 0 aliphatic rings. The highest BCUT2D eigenvalue weighted by Gasteiger charge is 2.20. The van der Waals surface area contributed by atoms with Gasteiger partial charge >= 0.3 is 0 Å². The zero-order valence-electron chi connectivity index (χ0n) is 8.64. The lowest BCUT2D eigenvalue weighted by atomic mass is 10.00. The summed E-state index contributed by atoms with van der Waals surface area (Å²) in [7, 11) is 1.99. The van der Waals surface area contributed by atoms with Crippen LogP contribution in [0.25, 0.3) is 0 Å². The van der Waals surface area contributed by atoms with Crippen LogP contribution in [-0.4, -0.2) is 16.3 Å². The van der Waals surface area contributed by atoms with Crippen molar-refractivity contribution in [2.75, 3.05) is 6.61 Å². The fourth-order valence-corrected chi connectivity index (χ4v) is 1.51. The zero-order valence-corrected chi connectivity index (χ0v) is 8.64. The van der Waals surface area contributed by atoms with Crippen molar-refractivity contribution in [1.29, 1.82) is 0 Å². The molecule has 0 aliphatic heterocycles. The number of aliphatic hydroxyl groups excluding tert-OH is 1. The Kier molecular flexibility index (Phi) is 3.48. The van der Waals surface area contributed by atoms with Gasteiger partial charge in [-0.15, -0.1) is 0 Å². The molecule has 2 unspecified atom stereocenters. The van der Waals surface area contributed by atoms with Crippen molar-refractivity contribution in [3.05, 3.63) is 18.7 Å². The van der Waals surface area contributed by atoms with Gasteiger partial charge in [-0.2, -0.15) is 0 Å². The summed E-state index contributed by atoms with van der Waals surface area (Å²) in [6.07, 6.45) is 7.10. The van der Waals surface area contributed by atoms with Gasteiger partial charge in [-0.3, -0.25) is 0 Å². The molecule has 3 nitrogen and oxygen atoms in total. The van der Waals surface area contributed by atoms with E-state index in [4.69, 9.17) is 0 Å². The molecule has 0 aliphatic carbocycles. The van der Waals surface area contributed by atoms with Crippen LogP contribution in [0.3, 0.4) is 0 Å². The normalized spacial score (nSPS) is 15.7. The molecule has 0 saturated heterocycles. The number of hydrogen-bond acceptors (Lipinski definition) is 1. The number of imidazole rings is 1. The topological polar surface area (TPSA) is 29.0 Å². The fraction of sp³-hybridized carbons (Fsp3) is 0.700. The Balaban J connectivity index is 2.77. The van der Waals surface area contributed by atoms with Crippen molar-refractivity contribution < 1.29 is 9.67 Å². The van der Waals surface area contributed by atoms with Gasteiger partial charge in [0.2, 0.25) is 6.33 Å². The molecule has 13 heavy (non-hydrogen) atoms. The first-order chi connectivity index (χ1) is 6.19. The minimum absolute atomic E-state index is 0.212. The van der Waals surface area contributed by atoms with E-state index in [0.29, 0.717) is 5.92 Å². The van der Waals surface area contributed by atoms with Gasteiger partial charge in [-0.1, -0.05) is 13.8 Å². The van der Waals surface area contributed by atoms with Crippen LogP contribution in [0.15, 0.2) is 18.7 Å². The van der Waals surface area contributed by atoms with Gasteiger partial charge in [0, 0.05) is 0 Å². The van der Waals surface area contributed by atoms with Gasteiger partial charge in [0.15, 0.2) is 0 Å². The molecule has 1 N–H and O–H groups in total. The average molecular weight is 183 g/mol. The van der Waals surface area contributed by atoms with Crippen molar-refractivity contribution >= 4 is 0 Å². The molecule has 1 heterocycles. The van der Waals surface area contributed by atoms with E-state index in [2.05, 4.69) is 18.4 Å². The van der Waals surface area contributed by atoms with E-state index in [1.54, 1.807) is 0 Å². The zero-order chi connectivity index (χ0) is 9.84. The SMILES string of the molecule is CCC(C)C(CO)n1cc[n+](C)c1. The van der Waals surface area contributed by atoms with Crippen molar-refractivity contribution in [3.63, 3.8) is 0 Å². The van der Waals surface area contributed by atoms with E-state index in [1.165, 1.54) is 0 Å². The van der Waals surface area contributed by atoms with E-state index in [9.17, 15) is 5.11 Å². The summed E-state index contributed by atoms with van der Waals surface area (Å²) in [5.41, 5.74) is 0. The Morgan fingerprint density at radius 2 is 2.23 bits per heavy atom. The van der Waals surface area contributed by atoms with Gasteiger partial charge in [0.1, 0.15) is 18.4 Å². The number of rotatable bonds is 4. The monoisotopic (exact) mass is 183 g/mol. The third-order valence-electron chi connectivity index (χ3n) is 2.66. The number of aromatic nitrogens is 2. The number of aryl methyl sites for hydroxylation is 1. The molecular weight excluding hydrogens is 164 g/mol. The van der Waals surface area contributed by atoms with E-state index >= 15 is 0 Å². The van der Waals surface area contributed by atoms with Gasteiger partial charge in [-0.05, 0) is 12.3 Å². The standard InChI is InChI=1S/C10H19N2O/c1-4-9(2)10(7-13)12-6-5-11(3)8-12/h5-6,8-10,13H,4,7H2,1-3H3/q+1. The summed E-state index contributed by atoms with van der Waals surface area (Å²) in [5.74, 6) is 0.511. The molecule has 0 bridgehead atoms. The maximum atomic E-state index is 9.26. The molecule has 2 atom stereocenters. The molecule has 74 valence electrons. The quantitative estimate of drug-likeness (QED) is 0.690.